The first-order chi connectivity index (χ1) is 32.9. The Labute approximate surface area is 399 Å². The Morgan fingerprint density at radius 2 is 1.54 bits per heavy atom. The fraction of sp³-hybridized carbons (Fsp3) is 0.480. The molecule has 20 heteroatoms. The van der Waals surface area contributed by atoms with Crippen LogP contribution in [0.15, 0.2) is 54.6 Å². The number of fused-ring (bicyclic) bond motifs is 5. The number of benzene rings is 3. The number of hydrogen-bond acceptors (Lipinski definition) is 12. The van der Waals surface area contributed by atoms with E-state index in [4.69, 9.17) is 23.7 Å². The van der Waals surface area contributed by atoms with Gasteiger partial charge in [-0.15, -0.1) is 0 Å². The SMILES string of the molecule is COc1ccc(CN(Cc2ccc(OC)cc2)c2cc(-c3nc4c5c(nc(OCC6(C(C)O)CC6(F)F)nc5c3F)N3C[C@H]5CC[C@@H]([C@H]3[C@H](C)O4)N5C(=O)OC(C)(C)C)c(C(F)(F)F)c(C)c2F)cc1. The summed E-state index contributed by atoms with van der Waals surface area (Å²) < 4.78 is 140. The smallest absolute Gasteiger partial charge is 0.417 e. The van der Waals surface area contributed by atoms with Crippen LogP contribution in [-0.4, -0.2) is 100 Å². The Hall–Kier alpha value is -6.31. The zero-order valence-electron chi connectivity index (χ0n) is 39.8. The predicted molar refractivity (Wildman–Crippen MR) is 244 cm³/mol. The van der Waals surface area contributed by atoms with E-state index in [2.05, 4.69) is 15.0 Å². The number of piperazine rings is 1. The number of hydrogen-bond donors (Lipinski definition) is 1. The van der Waals surface area contributed by atoms with Crippen molar-refractivity contribution in [1.82, 2.24) is 19.9 Å². The van der Waals surface area contributed by atoms with E-state index < -0.39 is 118 Å². The number of pyridine rings is 1. The van der Waals surface area contributed by atoms with Crippen molar-refractivity contribution >= 4 is 28.5 Å². The molecule has 2 aromatic heterocycles. The van der Waals surface area contributed by atoms with E-state index >= 15 is 22.0 Å². The number of nitrogens with zero attached hydrogens (tertiary/aromatic N) is 6. The van der Waals surface area contributed by atoms with Gasteiger partial charge in [-0.25, -0.2) is 27.3 Å². The third-order valence-electron chi connectivity index (χ3n) is 13.9. The normalized spacial score (nSPS) is 22.7. The van der Waals surface area contributed by atoms with E-state index in [1.807, 2.05) is 0 Å². The van der Waals surface area contributed by atoms with E-state index in [1.165, 1.54) is 26.0 Å². The number of aromatic nitrogens is 3. The van der Waals surface area contributed by atoms with Crippen LogP contribution in [0.5, 0.6) is 23.4 Å². The summed E-state index contributed by atoms with van der Waals surface area (Å²) in [5.41, 5.74) is -6.60. The Morgan fingerprint density at radius 1 is 0.943 bits per heavy atom. The van der Waals surface area contributed by atoms with Crippen LogP contribution in [0.25, 0.3) is 22.2 Å². The average molecular weight is 983 g/mol. The van der Waals surface area contributed by atoms with Crippen LogP contribution in [0.1, 0.15) is 76.1 Å². The molecule has 3 aromatic carbocycles. The summed E-state index contributed by atoms with van der Waals surface area (Å²) in [5, 5.41) is 10.3. The van der Waals surface area contributed by atoms with Crippen LogP contribution in [0.3, 0.4) is 0 Å². The fourth-order valence-electron chi connectivity index (χ4n) is 10.2. The molecule has 5 heterocycles. The fourth-order valence-corrected chi connectivity index (χ4v) is 10.2. The second-order valence-corrected chi connectivity index (χ2v) is 19.6. The number of halogens is 7. The van der Waals surface area contributed by atoms with E-state index in [0.717, 1.165) is 13.0 Å². The molecule has 1 saturated carbocycles. The third-order valence-corrected chi connectivity index (χ3v) is 13.9. The highest BCUT2D eigenvalue weighted by Gasteiger charge is 2.74. The molecule has 374 valence electrons. The molecule has 2 unspecified atom stereocenters. The lowest BCUT2D eigenvalue weighted by Gasteiger charge is -2.48. The van der Waals surface area contributed by atoms with Crippen molar-refractivity contribution in [3.63, 3.8) is 0 Å². The van der Waals surface area contributed by atoms with E-state index in [1.54, 1.807) is 86.0 Å². The van der Waals surface area contributed by atoms with E-state index in [0.29, 0.717) is 35.5 Å². The molecule has 3 fully saturated rings. The van der Waals surface area contributed by atoms with Crippen molar-refractivity contribution in [2.45, 2.75) is 122 Å². The number of aliphatic hydroxyl groups is 1. The Kier molecular flexibility index (Phi) is 12.2. The number of carbonyl (C=O) groups is 1. The van der Waals surface area contributed by atoms with Crippen LogP contribution in [-0.2, 0) is 24.0 Å². The van der Waals surface area contributed by atoms with Gasteiger partial charge < -0.3 is 38.6 Å². The molecule has 5 aromatic rings. The predicted octanol–water partition coefficient (Wildman–Crippen LogP) is 10.0. The molecular formula is C50H53F7N6O7. The van der Waals surface area contributed by atoms with Crippen molar-refractivity contribution in [1.29, 1.82) is 0 Å². The standard InChI is InChI=1S/C50H53F7N6O7/c1-25-37(50(55,56)57)33(19-35(38(25)51)61(20-28-9-14-31(66-7)15-10-28)21-29-11-16-32(67-8)17-12-29)40-39(52)41-36-43(60-45(59-41)68-24-48(27(3)64)23-49(48,53)54)62-22-30-13-18-34(42(62)26(2)69-44(36)58-40)63(30)46(65)70-47(4,5)6/h9-12,14-17,19,26-27,30,34,42,64H,13,18,20-24H2,1-8H3/t26-,27?,30+,34-,42+,48?/m0/s1. The maximum Gasteiger partial charge on any atom is 0.417 e. The molecule has 9 rings (SSSR count). The van der Waals surface area contributed by atoms with Gasteiger partial charge in [0.25, 0.3) is 5.92 Å². The number of anilines is 2. The van der Waals surface area contributed by atoms with Gasteiger partial charge in [0.1, 0.15) is 58.0 Å². The van der Waals surface area contributed by atoms with Crippen LogP contribution in [0.2, 0.25) is 0 Å². The minimum atomic E-state index is -5.26. The highest BCUT2D eigenvalue weighted by molar-refractivity contribution is 5.98. The number of carbonyl (C=O) groups excluding carboxylic acids is 1. The van der Waals surface area contributed by atoms with Gasteiger partial charge in [-0.2, -0.15) is 23.1 Å². The second-order valence-electron chi connectivity index (χ2n) is 19.6. The molecule has 1 amide bonds. The monoisotopic (exact) mass is 982 g/mol. The van der Waals surface area contributed by atoms with Gasteiger partial charge in [0.2, 0.25) is 5.88 Å². The maximum absolute atomic E-state index is 17.9. The van der Waals surface area contributed by atoms with Crippen LogP contribution >= 0.6 is 0 Å². The summed E-state index contributed by atoms with van der Waals surface area (Å²) in [6.07, 6.45) is -7.95. The third kappa shape index (κ3) is 8.58. The Morgan fingerprint density at radius 3 is 2.07 bits per heavy atom. The largest absolute Gasteiger partial charge is 0.497 e. The lowest BCUT2D eigenvalue weighted by molar-refractivity contribution is -0.137. The number of rotatable bonds is 12. The van der Waals surface area contributed by atoms with Crippen molar-refractivity contribution in [2.75, 3.05) is 37.2 Å². The van der Waals surface area contributed by atoms with Crippen molar-refractivity contribution in [2.24, 2.45) is 5.41 Å². The van der Waals surface area contributed by atoms with E-state index in [-0.39, 0.29) is 42.4 Å². The minimum Gasteiger partial charge on any atom is -0.497 e. The molecule has 3 aliphatic heterocycles. The lowest BCUT2D eigenvalue weighted by Crippen LogP contribution is -2.65. The molecule has 6 atom stereocenters. The zero-order valence-corrected chi connectivity index (χ0v) is 39.8. The van der Waals surface area contributed by atoms with Gasteiger partial charge in [-0.1, -0.05) is 24.3 Å². The van der Waals surface area contributed by atoms with Crippen molar-refractivity contribution < 1.29 is 64.3 Å². The molecule has 70 heavy (non-hydrogen) atoms. The molecule has 1 N–H and O–H groups in total. The van der Waals surface area contributed by atoms with Gasteiger partial charge in [-0.05, 0) is 101 Å². The van der Waals surface area contributed by atoms with Gasteiger partial charge >= 0.3 is 18.3 Å². The highest BCUT2D eigenvalue weighted by Crippen LogP contribution is 2.62. The molecule has 0 radical (unpaired) electrons. The molecule has 0 spiro atoms. The number of amides is 1. The quantitative estimate of drug-likeness (QED) is 0.119. The summed E-state index contributed by atoms with van der Waals surface area (Å²) in [6, 6.07) is 12.2. The number of alkyl halides is 5. The van der Waals surface area contributed by atoms with Crippen LogP contribution in [0.4, 0.5) is 47.0 Å². The minimum absolute atomic E-state index is 0.0196. The topological polar surface area (TPSA) is 132 Å². The Bertz CT molecular complexity index is 2780. The van der Waals surface area contributed by atoms with Crippen molar-refractivity contribution in [3.05, 3.63) is 88.5 Å². The summed E-state index contributed by atoms with van der Waals surface area (Å²) in [5.74, 6) is -5.23. The summed E-state index contributed by atoms with van der Waals surface area (Å²) in [4.78, 5) is 32.2. The first-order valence-corrected chi connectivity index (χ1v) is 22.9. The number of aliphatic hydroxyl groups excluding tert-OH is 1. The van der Waals surface area contributed by atoms with Gasteiger partial charge in [-0.3, -0.25) is 4.90 Å². The van der Waals surface area contributed by atoms with Gasteiger partial charge in [0.15, 0.2) is 5.82 Å². The first-order valence-electron chi connectivity index (χ1n) is 22.9. The number of methoxy groups -OCH3 is 2. The summed E-state index contributed by atoms with van der Waals surface area (Å²) in [7, 11) is 2.98. The zero-order chi connectivity index (χ0) is 50.4. The molecule has 13 nitrogen and oxygen atoms in total. The van der Waals surface area contributed by atoms with E-state index in [9.17, 15) is 18.7 Å². The lowest BCUT2D eigenvalue weighted by atomic mass is 9.95. The second kappa shape index (κ2) is 17.5. The van der Waals surface area contributed by atoms with Gasteiger partial charge in [0, 0.05) is 31.6 Å². The molecule has 2 bridgehead atoms. The van der Waals surface area contributed by atoms with Crippen LogP contribution < -0.4 is 28.7 Å². The van der Waals surface area contributed by atoms with Crippen LogP contribution in [0, 0.1) is 24.0 Å². The summed E-state index contributed by atoms with van der Waals surface area (Å²) in [6.45, 7) is 8.30. The average Bonchev–Trinajstić information content (AvgIpc) is 3.78. The molecule has 1 aliphatic carbocycles. The molecule has 4 aliphatic rings. The highest BCUT2D eigenvalue weighted by atomic mass is 19.4. The molecule has 2 saturated heterocycles. The summed E-state index contributed by atoms with van der Waals surface area (Å²) >= 11 is 0. The Balaban J connectivity index is 1.23. The molecular weight excluding hydrogens is 930 g/mol. The maximum atomic E-state index is 17.9. The first kappa shape index (κ1) is 48.7. The number of ether oxygens (including phenoxy) is 5. The van der Waals surface area contributed by atoms with Crippen molar-refractivity contribution in [3.8, 4) is 34.6 Å². The van der Waals surface area contributed by atoms with Gasteiger partial charge in [0.05, 0.1) is 55.1 Å².